The van der Waals surface area contributed by atoms with Gasteiger partial charge in [0.2, 0.25) is 5.90 Å². The van der Waals surface area contributed by atoms with E-state index in [4.69, 9.17) is 9.47 Å². The maximum Gasteiger partial charge on any atom is 0.433 e. The third-order valence-electron chi connectivity index (χ3n) is 6.16. The molecule has 1 atom stereocenters. The van der Waals surface area contributed by atoms with Crippen molar-refractivity contribution >= 4 is 21.6 Å². The number of hydrogen-bond acceptors (Lipinski definition) is 7. The number of aromatic nitrogens is 1. The third kappa shape index (κ3) is 5.64. The minimum atomic E-state index is -4.78. The quantitative estimate of drug-likeness (QED) is 0.389. The Morgan fingerprint density at radius 3 is 2.45 bits per heavy atom. The van der Waals surface area contributed by atoms with Crippen LogP contribution >= 0.6 is 0 Å². The number of sulfonamides is 1. The van der Waals surface area contributed by atoms with Crippen molar-refractivity contribution in [2.45, 2.75) is 36.2 Å². The number of fused-ring (bicyclic) bond motifs is 1. The Morgan fingerprint density at radius 1 is 0.975 bits per heavy atom. The number of ether oxygens (including phenoxy) is 2. The Morgan fingerprint density at radius 2 is 1.75 bits per heavy atom. The number of pyridine rings is 1. The van der Waals surface area contributed by atoms with Gasteiger partial charge >= 0.3 is 12.4 Å². The molecule has 1 aromatic heterocycles. The topological polar surface area (TPSA) is 93.1 Å². The summed E-state index contributed by atoms with van der Waals surface area (Å²) in [5, 5.41) is 3.95. The molecule has 40 heavy (non-hydrogen) atoms. The first-order chi connectivity index (χ1) is 18.8. The summed E-state index contributed by atoms with van der Waals surface area (Å²) in [5.74, 6) is 0.461. The monoisotopic (exact) mass is 586 g/mol. The molecule has 0 aliphatic carbocycles. The SMILES string of the molecule is O=S(=O)(c1cccc(C(F)(F)F)c1)N1CC(CCC2=NNCO2)Oc2ccc(-c3cccc(C(F)(F)F)n3)cc21. The fraction of sp³-hybridized carbons (Fsp3) is 0.280. The zero-order valence-electron chi connectivity index (χ0n) is 20.3. The second-order valence-corrected chi connectivity index (χ2v) is 10.7. The molecule has 5 rings (SSSR count). The van der Waals surface area contributed by atoms with Crippen LogP contribution in [-0.2, 0) is 27.1 Å². The van der Waals surface area contributed by atoms with Crippen LogP contribution in [0.3, 0.4) is 0 Å². The van der Waals surface area contributed by atoms with Crippen molar-refractivity contribution in [1.82, 2.24) is 10.4 Å². The number of anilines is 1. The van der Waals surface area contributed by atoms with E-state index in [-0.39, 0.29) is 48.8 Å². The van der Waals surface area contributed by atoms with E-state index in [2.05, 4.69) is 15.5 Å². The van der Waals surface area contributed by atoms with Gasteiger partial charge in [0.05, 0.1) is 28.4 Å². The van der Waals surface area contributed by atoms with Gasteiger partial charge in [-0.2, -0.15) is 26.3 Å². The van der Waals surface area contributed by atoms with Crippen LogP contribution in [-0.4, -0.2) is 38.7 Å². The van der Waals surface area contributed by atoms with Crippen molar-refractivity contribution in [3.05, 3.63) is 71.9 Å². The zero-order chi connectivity index (χ0) is 28.7. The van der Waals surface area contributed by atoms with E-state index in [1.54, 1.807) is 0 Å². The van der Waals surface area contributed by atoms with Crippen LogP contribution in [0.15, 0.2) is 70.7 Å². The summed E-state index contributed by atoms with van der Waals surface area (Å²) in [4.78, 5) is 3.04. The summed E-state index contributed by atoms with van der Waals surface area (Å²) < 4.78 is 119. The Bertz CT molecular complexity index is 1560. The van der Waals surface area contributed by atoms with E-state index in [0.29, 0.717) is 12.0 Å². The van der Waals surface area contributed by atoms with Crippen LogP contribution in [0, 0.1) is 0 Å². The lowest BCUT2D eigenvalue weighted by Gasteiger charge is -2.36. The Hall–Kier alpha value is -4.01. The van der Waals surface area contributed by atoms with Gasteiger partial charge in [-0.1, -0.05) is 12.1 Å². The van der Waals surface area contributed by atoms with Crippen molar-refractivity contribution in [1.29, 1.82) is 0 Å². The fourth-order valence-electron chi connectivity index (χ4n) is 4.24. The number of alkyl halides is 6. The molecule has 1 unspecified atom stereocenters. The zero-order valence-corrected chi connectivity index (χ0v) is 21.1. The minimum Gasteiger partial charge on any atom is -0.486 e. The van der Waals surface area contributed by atoms with Crippen LogP contribution in [0.5, 0.6) is 5.75 Å². The molecule has 15 heteroatoms. The Kier molecular flexibility index (Phi) is 7.02. The molecule has 212 valence electrons. The van der Waals surface area contributed by atoms with Crippen molar-refractivity contribution in [2.24, 2.45) is 5.10 Å². The van der Waals surface area contributed by atoms with Gasteiger partial charge in [0.1, 0.15) is 17.5 Å². The van der Waals surface area contributed by atoms with Crippen LogP contribution in [0.25, 0.3) is 11.3 Å². The fourth-order valence-corrected chi connectivity index (χ4v) is 5.79. The van der Waals surface area contributed by atoms with Gasteiger partial charge in [-0.3, -0.25) is 9.73 Å². The molecule has 2 aliphatic heterocycles. The normalized spacial score (nSPS) is 17.4. The van der Waals surface area contributed by atoms with E-state index in [9.17, 15) is 34.8 Å². The summed E-state index contributed by atoms with van der Waals surface area (Å²) in [6.07, 6.45) is -9.68. The van der Waals surface area contributed by atoms with E-state index >= 15 is 0 Å². The van der Waals surface area contributed by atoms with Crippen molar-refractivity contribution in [3.8, 4) is 17.0 Å². The molecule has 0 amide bonds. The van der Waals surface area contributed by atoms with Gasteiger partial charge in [0.25, 0.3) is 10.0 Å². The first kappa shape index (κ1) is 27.6. The summed E-state index contributed by atoms with van der Waals surface area (Å²) in [6.45, 7) is -0.0994. The lowest BCUT2D eigenvalue weighted by molar-refractivity contribution is -0.141. The van der Waals surface area contributed by atoms with E-state index in [0.717, 1.165) is 34.6 Å². The number of nitrogens with zero attached hydrogens (tertiary/aromatic N) is 3. The van der Waals surface area contributed by atoms with Gasteiger partial charge in [0.15, 0.2) is 6.73 Å². The molecule has 0 bridgehead atoms. The highest BCUT2D eigenvalue weighted by Crippen LogP contribution is 2.41. The Labute approximate surface area is 224 Å². The molecule has 2 aliphatic rings. The predicted octanol–water partition coefficient (Wildman–Crippen LogP) is 5.41. The highest BCUT2D eigenvalue weighted by atomic mass is 32.2. The second-order valence-electron chi connectivity index (χ2n) is 8.88. The average Bonchev–Trinajstić information content (AvgIpc) is 3.44. The van der Waals surface area contributed by atoms with Crippen LogP contribution in [0.2, 0.25) is 0 Å². The maximum atomic E-state index is 13.7. The molecular weight excluding hydrogens is 566 g/mol. The number of benzene rings is 2. The van der Waals surface area contributed by atoms with E-state index in [1.165, 1.54) is 24.3 Å². The highest BCUT2D eigenvalue weighted by Gasteiger charge is 2.38. The molecule has 0 saturated heterocycles. The van der Waals surface area contributed by atoms with E-state index in [1.807, 2.05) is 0 Å². The summed E-state index contributed by atoms with van der Waals surface area (Å²) in [7, 11) is -4.58. The molecule has 3 heterocycles. The standard InChI is InChI=1S/C25H20F6N4O4S/c26-24(27,28)16-3-1-4-18(12-16)40(36,37)35-13-17(8-10-23-34-32-14-38-23)39-21-9-7-15(11-20(21)35)19-5-2-6-22(33-19)25(29,30)31/h1-7,9,11-12,17,32H,8,10,13-14H2. The molecule has 2 aromatic carbocycles. The van der Waals surface area contributed by atoms with Crippen LogP contribution in [0.1, 0.15) is 24.1 Å². The minimum absolute atomic E-state index is 0.0542. The van der Waals surface area contributed by atoms with Gasteiger partial charge in [-0.15, -0.1) is 5.10 Å². The van der Waals surface area contributed by atoms with Crippen LogP contribution < -0.4 is 14.5 Å². The molecule has 0 radical (unpaired) electrons. The number of nitrogens with one attached hydrogen (secondary N) is 1. The van der Waals surface area contributed by atoms with Gasteiger partial charge in [0, 0.05) is 12.0 Å². The number of hydrazone groups is 1. The lowest BCUT2D eigenvalue weighted by Crippen LogP contribution is -2.43. The second kappa shape index (κ2) is 10.2. The molecule has 0 saturated carbocycles. The third-order valence-corrected chi connectivity index (χ3v) is 7.94. The first-order valence-corrected chi connectivity index (χ1v) is 13.2. The first-order valence-electron chi connectivity index (χ1n) is 11.8. The molecule has 3 aromatic rings. The molecular formula is C25H20F6N4O4S. The van der Waals surface area contributed by atoms with Crippen LogP contribution in [0.4, 0.5) is 32.0 Å². The summed E-state index contributed by atoms with van der Waals surface area (Å²) >= 11 is 0. The lowest BCUT2D eigenvalue weighted by atomic mass is 10.1. The van der Waals surface area contributed by atoms with Gasteiger partial charge < -0.3 is 9.47 Å². The number of rotatable bonds is 6. The van der Waals surface area contributed by atoms with Gasteiger partial charge in [-0.25, -0.2) is 13.4 Å². The summed E-state index contributed by atoms with van der Waals surface area (Å²) in [6, 6.07) is 10.7. The average molecular weight is 587 g/mol. The number of hydrogen-bond donors (Lipinski definition) is 1. The maximum absolute atomic E-state index is 13.7. The molecule has 0 spiro atoms. The summed E-state index contributed by atoms with van der Waals surface area (Å²) in [5.41, 5.74) is 0.356. The van der Waals surface area contributed by atoms with Crippen molar-refractivity contribution in [3.63, 3.8) is 0 Å². The van der Waals surface area contributed by atoms with Crippen molar-refractivity contribution < 1.29 is 44.2 Å². The molecule has 8 nitrogen and oxygen atoms in total. The molecule has 1 N–H and O–H groups in total. The molecule has 0 fully saturated rings. The predicted molar refractivity (Wildman–Crippen MR) is 131 cm³/mol. The van der Waals surface area contributed by atoms with Crippen molar-refractivity contribution in [2.75, 3.05) is 17.6 Å². The van der Waals surface area contributed by atoms with Gasteiger partial charge in [-0.05, 0) is 55.0 Å². The highest BCUT2D eigenvalue weighted by molar-refractivity contribution is 7.92. The smallest absolute Gasteiger partial charge is 0.433 e. The van der Waals surface area contributed by atoms with E-state index < -0.39 is 44.6 Å². The largest absolute Gasteiger partial charge is 0.486 e. The number of halogens is 6. The Balaban J connectivity index is 1.56.